The highest BCUT2D eigenvalue weighted by atomic mass is 19.4. The van der Waals surface area contributed by atoms with E-state index in [9.17, 15) is 39.9 Å². The molecule has 0 N–H and O–H groups in total. The molecule has 0 saturated heterocycles. The monoisotopic (exact) mass is 320 g/mol. The van der Waals surface area contributed by atoms with Crippen LogP contribution in [0.1, 0.15) is 15.9 Å². The first-order valence-corrected chi connectivity index (χ1v) is 4.95. The summed E-state index contributed by atoms with van der Waals surface area (Å²) in [5, 5.41) is 0. The third kappa shape index (κ3) is 4.43. The van der Waals surface area contributed by atoms with Crippen LogP contribution in [0.4, 0.5) is 35.1 Å². The molecule has 10 heteroatoms. The Balaban J connectivity index is 2.98. The largest absolute Gasteiger partial charge is 0.455 e. The Hall–Kier alpha value is -2.13. The molecule has 1 rings (SSSR count). The van der Waals surface area contributed by atoms with E-state index < -0.39 is 41.3 Å². The molecule has 0 atom stereocenters. The molecule has 0 fully saturated rings. The molecule has 0 aliphatic heterocycles. The number of hydrogen-bond acceptors (Lipinski definition) is 2. The third-order valence-corrected chi connectivity index (χ3v) is 2.07. The molecular formula is C11H4F8O2. The predicted octanol–water partition coefficient (Wildman–Crippen LogP) is 4.53. The molecule has 116 valence electrons. The van der Waals surface area contributed by atoms with Crippen LogP contribution in [-0.2, 0) is 10.9 Å². The van der Waals surface area contributed by atoms with E-state index in [0.717, 1.165) is 0 Å². The molecule has 0 unspecified atom stereocenters. The summed E-state index contributed by atoms with van der Waals surface area (Å²) < 4.78 is 100. The minimum Gasteiger partial charge on any atom is -0.412 e. The van der Waals surface area contributed by atoms with Crippen molar-refractivity contribution in [2.24, 2.45) is 0 Å². The van der Waals surface area contributed by atoms with E-state index in [0.29, 0.717) is 24.3 Å². The van der Waals surface area contributed by atoms with Crippen LogP contribution in [0.15, 0.2) is 36.1 Å². The Kier molecular flexibility index (Phi) is 4.59. The third-order valence-electron chi connectivity index (χ3n) is 2.07. The van der Waals surface area contributed by atoms with Gasteiger partial charge in [-0.2, -0.15) is 35.1 Å². The molecule has 0 bridgehead atoms. The summed E-state index contributed by atoms with van der Waals surface area (Å²) in [4.78, 5) is 11.2. The van der Waals surface area contributed by atoms with Gasteiger partial charge in [-0.05, 0) is 24.3 Å². The maximum absolute atomic E-state index is 12.2. The summed E-state index contributed by atoms with van der Waals surface area (Å²) in [6.45, 7) is 0. The summed E-state index contributed by atoms with van der Waals surface area (Å²) in [6, 6.07) is 1.82. The van der Waals surface area contributed by atoms with E-state index in [1.54, 1.807) is 0 Å². The minimum absolute atomic E-state index is 0.402. The normalized spacial score (nSPS) is 12.0. The highest BCUT2D eigenvalue weighted by Crippen LogP contribution is 2.32. The van der Waals surface area contributed by atoms with Crippen molar-refractivity contribution in [1.82, 2.24) is 0 Å². The van der Waals surface area contributed by atoms with Crippen molar-refractivity contribution in [1.29, 1.82) is 0 Å². The van der Waals surface area contributed by atoms with Crippen LogP contribution in [0.3, 0.4) is 0 Å². The zero-order valence-corrected chi connectivity index (χ0v) is 9.65. The van der Waals surface area contributed by atoms with Gasteiger partial charge in [0.2, 0.25) is 0 Å². The van der Waals surface area contributed by atoms with Gasteiger partial charge < -0.3 is 4.74 Å². The lowest BCUT2D eigenvalue weighted by molar-refractivity contribution is -0.137. The van der Waals surface area contributed by atoms with Crippen molar-refractivity contribution in [3.63, 3.8) is 0 Å². The number of carbonyl (C=O) groups is 1. The van der Waals surface area contributed by atoms with Crippen LogP contribution in [0, 0.1) is 0 Å². The second kappa shape index (κ2) is 5.70. The number of benzene rings is 1. The quantitative estimate of drug-likeness (QED) is 0.454. The maximum atomic E-state index is 12.2. The number of carbonyl (C=O) groups excluding carboxylic acids is 1. The SMILES string of the molecule is O=C(OC(=C(F)F)C(F)(F)F)c1ccc(C(F)(F)F)cc1. The molecule has 0 spiro atoms. The first-order valence-electron chi connectivity index (χ1n) is 4.95. The van der Waals surface area contributed by atoms with Crippen molar-refractivity contribution in [2.75, 3.05) is 0 Å². The van der Waals surface area contributed by atoms with Gasteiger partial charge in [-0.1, -0.05) is 0 Å². The second-order valence-corrected chi connectivity index (χ2v) is 3.55. The van der Waals surface area contributed by atoms with Gasteiger partial charge in [0.25, 0.3) is 5.76 Å². The second-order valence-electron chi connectivity index (χ2n) is 3.55. The molecule has 0 saturated carbocycles. The Morgan fingerprint density at radius 3 is 1.71 bits per heavy atom. The number of ether oxygens (including phenoxy) is 1. The first-order chi connectivity index (χ1) is 9.43. The van der Waals surface area contributed by atoms with Crippen LogP contribution in [0.25, 0.3) is 0 Å². The van der Waals surface area contributed by atoms with Crippen LogP contribution in [0.2, 0.25) is 0 Å². The number of halogens is 8. The summed E-state index contributed by atoms with van der Waals surface area (Å²) in [5.74, 6) is -4.67. The number of rotatable bonds is 2. The van der Waals surface area contributed by atoms with E-state index in [2.05, 4.69) is 4.74 Å². The first kappa shape index (κ1) is 16.9. The van der Waals surface area contributed by atoms with Gasteiger partial charge in [0, 0.05) is 0 Å². The predicted molar refractivity (Wildman–Crippen MR) is 52.2 cm³/mol. The molecule has 1 aromatic carbocycles. The van der Waals surface area contributed by atoms with Crippen LogP contribution >= 0.6 is 0 Å². The Labute approximate surface area is 111 Å². The van der Waals surface area contributed by atoms with Gasteiger partial charge in [-0.3, -0.25) is 0 Å². The van der Waals surface area contributed by atoms with Gasteiger partial charge in [0.05, 0.1) is 11.1 Å². The lowest BCUT2D eigenvalue weighted by Gasteiger charge is -2.11. The summed E-state index contributed by atoms with van der Waals surface area (Å²) in [7, 11) is 0. The highest BCUT2D eigenvalue weighted by molar-refractivity contribution is 5.90. The molecule has 1 aromatic rings. The average molecular weight is 320 g/mol. The topological polar surface area (TPSA) is 26.3 Å². The molecule has 0 aliphatic carbocycles. The van der Waals surface area contributed by atoms with Gasteiger partial charge in [-0.25, -0.2) is 4.79 Å². The number of hydrogen-bond donors (Lipinski definition) is 0. The van der Waals surface area contributed by atoms with E-state index >= 15 is 0 Å². The molecular weight excluding hydrogens is 316 g/mol. The molecule has 2 nitrogen and oxygen atoms in total. The zero-order chi connectivity index (χ0) is 16.4. The lowest BCUT2D eigenvalue weighted by Crippen LogP contribution is -2.19. The van der Waals surface area contributed by atoms with Gasteiger partial charge >= 0.3 is 24.4 Å². The van der Waals surface area contributed by atoms with Crippen LogP contribution < -0.4 is 0 Å². The number of alkyl halides is 6. The van der Waals surface area contributed by atoms with E-state index in [1.807, 2.05) is 0 Å². The van der Waals surface area contributed by atoms with Crippen LogP contribution in [0.5, 0.6) is 0 Å². The van der Waals surface area contributed by atoms with Crippen molar-refractivity contribution in [3.05, 3.63) is 47.2 Å². The Morgan fingerprint density at radius 1 is 0.905 bits per heavy atom. The van der Waals surface area contributed by atoms with Crippen LogP contribution in [-0.4, -0.2) is 12.1 Å². The molecule has 0 radical (unpaired) electrons. The number of esters is 1. The fourth-order valence-corrected chi connectivity index (χ4v) is 1.15. The van der Waals surface area contributed by atoms with E-state index in [1.165, 1.54) is 0 Å². The number of allylic oxidation sites excluding steroid dienone is 1. The standard InChI is InChI=1S/C11H4F8O2/c12-8(13)7(11(17,18)19)21-9(20)5-1-3-6(4-2-5)10(14,15)16/h1-4H. The Bertz CT molecular complexity index is 549. The van der Waals surface area contributed by atoms with E-state index in [-0.39, 0.29) is 0 Å². The molecule has 0 heterocycles. The molecule has 0 amide bonds. The fourth-order valence-electron chi connectivity index (χ4n) is 1.15. The molecule has 0 aliphatic rings. The molecule has 21 heavy (non-hydrogen) atoms. The fraction of sp³-hybridized carbons (Fsp3) is 0.182. The van der Waals surface area contributed by atoms with Gasteiger partial charge in [0.1, 0.15) is 0 Å². The van der Waals surface area contributed by atoms with Gasteiger partial charge in [0.15, 0.2) is 0 Å². The average Bonchev–Trinajstić information content (AvgIpc) is 2.33. The zero-order valence-electron chi connectivity index (χ0n) is 9.65. The van der Waals surface area contributed by atoms with E-state index in [4.69, 9.17) is 0 Å². The molecule has 0 aromatic heterocycles. The van der Waals surface area contributed by atoms with Crippen molar-refractivity contribution < 1.29 is 44.7 Å². The maximum Gasteiger partial charge on any atom is 0.455 e. The summed E-state index contributed by atoms with van der Waals surface area (Å²) in [5.41, 5.74) is -1.91. The lowest BCUT2D eigenvalue weighted by atomic mass is 10.1. The minimum atomic E-state index is -5.61. The van der Waals surface area contributed by atoms with Crippen molar-refractivity contribution >= 4 is 5.97 Å². The summed E-state index contributed by atoms with van der Waals surface area (Å²) in [6.07, 6.45) is -13.6. The smallest absolute Gasteiger partial charge is 0.412 e. The Morgan fingerprint density at radius 2 is 1.38 bits per heavy atom. The van der Waals surface area contributed by atoms with Gasteiger partial charge in [-0.15, -0.1) is 0 Å². The highest BCUT2D eigenvalue weighted by Gasteiger charge is 2.42. The van der Waals surface area contributed by atoms with Crippen molar-refractivity contribution in [3.8, 4) is 0 Å². The summed E-state index contributed by atoms with van der Waals surface area (Å²) >= 11 is 0. The van der Waals surface area contributed by atoms with Crippen molar-refractivity contribution in [2.45, 2.75) is 12.4 Å².